The van der Waals surface area contributed by atoms with Crippen LogP contribution in [0.3, 0.4) is 0 Å². The maximum atomic E-state index is 12.0. The lowest BCUT2D eigenvalue weighted by Gasteiger charge is -2.16. The van der Waals surface area contributed by atoms with E-state index < -0.39 is 0 Å². The van der Waals surface area contributed by atoms with Gasteiger partial charge < -0.3 is 10.6 Å². The number of nitrogen functional groups attached to an aromatic ring is 1. The fourth-order valence-electron chi connectivity index (χ4n) is 1.34. The third-order valence-corrected chi connectivity index (χ3v) is 2.97. The Morgan fingerprint density at radius 1 is 1.50 bits per heavy atom. The first-order valence-electron chi connectivity index (χ1n) is 4.70. The van der Waals surface area contributed by atoms with Crippen LogP contribution in [-0.2, 0) is 0 Å². The summed E-state index contributed by atoms with van der Waals surface area (Å²) in [5.41, 5.74) is 8.72. The van der Waals surface area contributed by atoms with Crippen LogP contribution in [0.15, 0.2) is 36.0 Å². The average Bonchev–Trinajstić information content (AvgIpc) is 2.80. The van der Waals surface area contributed by atoms with Crippen LogP contribution in [0.2, 0.25) is 0 Å². The van der Waals surface area contributed by atoms with Crippen LogP contribution in [-0.4, -0.2) is 17.9 Å². The highest BCUT2D eigenvalue weighted by Gasteiger charge is 2.14. The first kappa shape index (κ1) is 10.6. The molecule has 16 heavy (non-hydrogen) atoms. The van der Waals surface area contributed by atoms with Crippen LogP contribution >= 0.6 is 11.3 Å². The molecule has 0 aliphatic rings. The molecule has 0 saturated carbocycles. The molecule has 2 N–H and O–H groups in total. The highest BCUT2D eigenvalue weighted by molar-refractivity contribution is 7.11. The number of benzene rings is 1. The third-order valence-electron chi connectivity index (χ3n) is 2.21. The predicted octanol–water partition coefficient (Wildman–Crippen LogP) is 2.00. The molecule has 0 unspecified atom stereocenters. The Balaban J connectivity index is 2.26. The van der Waals surface area contributed by atoms with Gasteiger partial charge in [0.25, 0.3) is 5.91 Å². The van der Waals surface area contributed by atoms with Crippen molar-refractivity contribution in [2.24, 2.45) is 0 Å². The number of hydrogen-bond donors (Lipinski definition) is 1. The first-order chi connectivity index (χ1) is 7.68. The Hall–Kier alpha value is -1.88. The molecule has 0 radical (unpaired) electrons. The molecule has 0 spiro atoms. The topological polar surface area (TPSA) is 59.2 Å². The van der Waals surface area contributed by atoms with Crippen molar-refractivity contribution in [3.63, 3.8) is 0 Å². The quantitative estimate of drug-likeness (QED) is 0.807. The van der Waals surface area contributed by atoms with Gasteiger partial charge in [0.1, 0.15) is 4.88 Å². The normalized spacial score (nSPS) is 10.1. The Kier molecular flexibility index (Phi) is 2.87. The molecule has 2 aromatic rings. The van der Waals surface area contributed by atoms with Crippen LogP contribution in [0, 0.1) is 0 Å². The minimum Gasteiger partial charge on any atom is -0.399 e. The van der Waals surface area contributed by atoms with Crippen LogP contribution in [0.1, 0.15) is 9.67 Å². The lowest BCUT2D eigenvalue weighted by atomic mass is 10.2. The van der Waals surface area contributed by atoms with Gasteiger partial charge in [0.05, 0.1) is 11.7 Å². The summed E-state index contributed by atoms with van der Waals surface area (Å²) in [6.45, 7) is 0. The average molecular weight is 233 g/mol. The van der Waals surface area contributed by atoms with Gasteiger partial charge in [-0.3, -0.25) is 9.78 Å². The zero-order chi connectivity index (χ0) is 11.5. The van der Waals surface area contributed by atoms with Crippen molar-refractivity contribution in [3.8, 4) is 0 Å². The minimum atomic E-state index is -0.0758. The first-order valence-corrected chi connectivity index (χ1v) is 5.58. The summed E-state index contributed by atoms with van der Waals surface area (Å²) in [7, 11) is 1.72. The monoisotopic (exact) mass is 233 g/mol. The molecule has 0 bridgehead atoms. The van der Waals surface area contributed by atoms with Crippen molar-refractivity contribution < 1.29 is 4.79 Å². The van der Waals surface area contributed by atoms with Crippen LogP contribution in [0.4, 0.5) is 11.4 Å². The smallest absolute Gasteiger partial charge is 0.269 e. The number of rotatable bonds is 2. The second kappa shape index (κ2) is 4.32. The van der Waals surface area contributed by atoms with Gasteiger partial charge in [-0.2, -0.15) is 0 Å². The number of carbonyl (C=O) groups is 1. The molecule has 2 rings (SSSR count). The third kappa shape index (κ3) is 2.04. The van der Waals surface area contributed by atoms with E-state index in [4.69, 9.17) is 5.73 Å². The molecule has 1 aromatic carbocycles. The Morgan fingerprint density at radius 2 is 2.31 bits per heavy atom. The molecule has 4 nitrogen and oxygen atoms in total. The van der Waals surface area contributed by atoms with Gasteiger partial charge in [0, 0.05) is 18.4 Å². The molecule has 1 heterocycles. The van der Waals surface area contributed by atoms with E-state index >= 15 is 0 Å². The largest absolute Gasteiger partial charge is 0.399 e. The Labute approximate surface area is 97.3 Å². The molecule has 0 saturated heterocycles. The zero-order valence-corrected chi connectivity index (χ0v) is 9.57. The Morgan fingerprint density at radius 3 is 2.94 bits per heavy atom. The van der Waals surface area contributed by atoms with E-state index in [0.717, 1.165) is 5.69 Å². The lowest BCUT2D eigenvalue weighted by Crippen LogP contribution is -2.25. The summed E-state index contributed by atoms with van der Waals surface area (Å²) in [5.74, 6) is -0.0758. The molecule has 82 valence electrons. The van der Waals surface area contributed by atoms with Crippen molar-refractivity contribution in [2.75, 3.05) is 17.7 Å². The van der Waals surface area contributed by atoms with Gasteiger partial charge in [-0.25, -0.2) is 0 Å². The molecule has 0 aliphatic heterocycles. The fourth-order valence-corrected chi connectivity index (χ4v) is 1.93. The number of hydrogen-bond acceptors (Lipinski definition) is 4. The number of amides is 1. The van der Waals surface area contributed by atoms with Gasteiger partial charge in [0.2, 0.25) is 0 Å². The van der Waals surface area contributed by atoms with Crippen molar-refractivity contribution >= 4 is 28.6 Å². The number of aromatic nitrogens is 1. The van der Waals surface area contributed by atoms with Gasteiger partial charge in [-0.1, -0.05) is 6.07 Å². The lowest BCUT2D eigenvalue weighted by molar-refractivity contribution is 0.0996. The molecule has 5 heteroatoms. The van der Waals surface area contributed by atoms with Gasteiger partial charge in [0.15, 0.2) is 0 Å². The van der Waals surface area contributed by atoms with E-state index in [1.54, 1.807) is 35.8 Å². The number of anilines is 2. The number of thiazole rings is 1. The van der Waals surface area contributed by atoms with E-state index in [1.165, 1.54) is 11.3 Å². The second-order valence-corrected chi connectivity index (χ2v) is 4.21. The molecular formula is C11H11N3OS. The summed E-state index contributed by atoms with van der Waals surface area (Å²) in [5, 5.41) is 0. The van der Waals surface area contributed by atoms with Gasteiger partial charge in [-0.15, -0.1) is 11.3 Å². The summed E-state index contributed by atoms with van der Waals surface area (Å²) in [4.78, 5) is 18.0. The van der Waals surface area contributed by atoms with E-state index in [-0.39, 0.29) is 5.91 Å². The van der Waals surface area contributed by atoms with Crippen molar-refractivity contribution in [1.82, 2.24) is 4.98 Å². The molecule has 0 aliphatic carbocycles. The van der Waals surface area contributed by atoms with Crippen LogP contribution in [0.25, 0.3) is 0 Å². The standard InChI is InChI=1S/C11H11N3OS/c1-14(9-4-2-3-8(12)5-9)11(15)10-6-13-7-16-10/h2-7H,12H2,1H3. The summed E-state index contributed by atoms with van der Waals surface area (Å²) in [6.07, 6.45) is 1.57. The van der Waals surface area contributed by atoms with E-state index in [1.807, 2.05) is 12.1 Å². The molecule has 1 aromatic heterocycles. The molecule has 0 atom stereocenters. The summed E-state index contributed by atoms with van der Waals surface area (Å²) >= 11 is 1.32. The van der Waals surface area contributed by atoms with Crippen molar-refractivity contribution in [1.29, 1.82) is 0 Å². The number of nitrogens with zero attached hydrogens (tertiary/aromatic N) is 2. The second-order valence-electron chi connectivity index (χ2n) is 3.32. The number of nitrogens with two attached hydrogens (primary N) is 1. The van der Waals surface area contributed by atoms with Crippen LogP contribution < -0.4 is 10.6 Å². The number of carbonyl (C=O) groups excluding carboxylic acids is 1. The molecule has 1 amide bonds. The predicted molar refractivity (Wildman–Crippen MR) is 65.7 cm³/mol. The summed E-state index contributed by atoms with van der Waals surface area (Å²) in [6, 6.07) is 7.21. The van der Waals surface area contributed by atoms with E-state index in [2.05, 4.69) is 4.98 Å². The molecular weight excluding hydrogens is 222 g/mol. The van der Waals surface area contributed by atoms with Gasteiger partial charge >= 0.3 is 0 Å². The van der Waals surface area contributed by atoms with Crippen molar-refractivity contribution in [3.05, 3.63) is 40.8 Å². The maximum absolute atomic E-state index is 12.0. The van der Waals surface area contributed by atoms with E-state index in [0.29, 0.717) is 10.6 Å². The highest BCUT2D eigenvalue weighted by atomic mass is 32.1. The van der Waals surface area contributed by atoms with Crippen molar-refractivity contribution in [2.45, 2.75) is 0 Å². The summed E-state index contributed by atoms with van der Waals surface area (Å²) < 4.78 is 0. The highest BCUT2D eigenvalue weighted by Crippen LogP contribution is 2.19. The van der Waals surface area contributed by atoms with E-state index in [9.17, 15) is 4.79 Å². The molecule has 0 fully saturated rings. The Bertz CT molecular complexity index is 496. The zero-order valence-electron chi connectivity index (χ0n) is 8.75. The fraction of sp³-hybridized carbons (Fsp3) is 0.0909. The minimum absolute atomic E-state index is 0.0758. The SMILES string of the molecule is CN(C(=O)c1cncs1)c1cccc(N)c1. The van der Waals surface area contributed by atoms with Crippen LogP contribution in [0.5, 0.6) is 0 Å². The van der Waals surface area contributed by atoms with Gasteiger partial charge in [-0.05, 0) is 18.2 Å². The maximum Gasteiger partial charge on any atom is 0.269 e.